The maximum absolute atomic E-state index is 12.1. The lowest BCUT2D eigenvalue weighted by atomic mass is 9.90. The van der Waals surface area contributed by atoms with Crippen LogP contribution in [0.1, 0.15) is 122 Å². The smallest absolute Gasteiger partial charge is 0.309 e. The van der Waals surface area contributed by atoms with E-state index in [0.717, 1.165) is 50.5 Å². The van der Waals surface area contributed by atoms with Crippen molar-refractivity contribution < 1.29 is 19.7 Å². The van der Waals surface area contributed by atoms with Gasteiger partial charge in [0.05, 0.1) is 24.7 Å². The molecule has 1 rings (SSSR count). The summed E-state index contributed by atoms with van der Waals surface area (Å²) in [6.45, 7) is 4.78. The predicted octanol–water partition coefficient (Wildman–Crippen LogP) is 7.91. The van der Waals surface area contributed by atoms with Crippen LogP contribution >= 0.6 is 0 Å². The predicted molar refractivity (Wildman–Crippen MR) is 137 cm³/mol. The average molecular weight is 463 g/mol. The van der Waals surface area contributed by atoms with Gasteiger partial charge in [0.15, 0.2) is 0 Å². The Bertz CT molecular complexity index is 574. The molecular formula is C29H50O4. The van der Waals surface area contributed by atoms with Gasteiger partial charge in [-0.2, -0.15) is 0 Å². The lowest BCUT2D eigenvalue weighted by Gasteiger charge is -2.27. The normalized spacial score (nSPS) is 14.2. The third kappa shape index (κ3) is 15.2. The first-order valence-electron chi connectivity index (χ1n) is 13.6. The molecule has 0 bridgehead atoms. The fraction of sp³-hybridized carbons (Fsp3) is 0.759. The molecule has 0 aliphatic carbocycles. The molecule has 190 valence electrons. The molecular weight excluding hydrogens is 412 g/mol. The molecule has 0 fully saturated rings. The number of aliphatic hydroxyl groups is 1. The van der Waals surface area contributed by atoms with E-state index >= 15 is 0 Å². The van der Waals surface area contributed by atoms with Crippen molar-refractivity contribution in [3.05, 3.63) is 35.9 Å². The average Bonchev–Trinajstić information content (AvgIpc) is 2.81. The SMILES string of the molecule is CCCCCCCCCCC[C@@H](O)C[C@H](OCc1ccccc1)[C@H](CCCCCC)C(=O)O. The second-order valence-corrected chi connectivity index (χ2v) is 9.64. The molecule has 1 aromatic rings. The molecule has 2 N–H and O–H groups in total. The molecule has 0 saturated heterocycles. The van der Waals surface area contributed by atoms with Gasteiger partial charge < -0.3 is 14.9 Å². The number of benzene rings is 1. The van der Waals surface area contributed by atoms with Gasteiger partial charge in [-0.25, -0.2) is 0 Å². The fourth-order valence-corrected chi connectivity index (χ4v) is 4.46. The molecule has 0 unspecified atom stereocenters. The summed E-state index contributed by atoms with van der Waals surface area (Å²) in [5.41, 5.74) is 1.03. The Morgan fingerprint density at radius 1 is 0.788 bits per heavy atom. The van der Waals surface area contributed by atoms with E-state index in [1.165, 1.54) is 44.9 Å². The molecule has 0 aliphatic heterocycles. The maximum Gasteiger partial charge on any atom is 0.309 e. The van der Waals surface area contributed by atoms with Gasteiger partial charge in [-0.15, -0.1) is 0 Å². The van der Waals surface area contributed by atoms with Crippen molar-refractivity contribution in [2.45, 2.75) is 135 Å². The van der Waals surface area contributed by atoms with Crippen molar-refractivity contribution in [1.82, 2.24) is 0 Å². The zero-order valence-corrected chi connectivity index (χ0v) is 21.4. The lowest BCUT2D eigenvalue weighted by Crippen LogP contribution is -2.34. The molecule has 1 aromatic carbocycles. The molecule has 4 nitrogen and oxygen atoms in total. The summed E-state index contributed by atoms with van der Waals surface area (Å²) in [5, 5.41) is 20.6. The highest BCUT2D eigenvalue weighted by molar-refractivity contribution is 5.70. The molecule has 3 atom stereocenters. The van der Waals surface area contributed by atoms with Crippen molar-refractivity contribution >= 4 is 5.97 Å². The Labute approximate surface area is 203 Å². The van der Waals surface area contributed by atoms with Crippen molar-refractivity contribution in [2.24, 2.45) is 5.92 Å². The number of ether oxygens (including phenoxy) is 1. The Hall–Kier alpha value is -1.39. The van der Waals surface area contributed by atoms with E-state index in [9.17, 15) is 15.0 Å². The highest BCUT2D eigenvalue weighted by Crippen LogP contribution is 2.24. The second kappa shape index (κ2) is 20.0. The van der Waals surface area contributed by atoms with E-state index < -0.39 is 24.1 Å². The highest BCUT2D eigenvalue weighted by Gasteiger charge is 2.30. The van der Waals surface area contributed by atoms with Crippen molar-refractivity contribution in [3.8, 4) is 0 Å². The number of aliphatic hydroxyl groups excluding tert-OH is 1. The standard InChI is InChI=1S/C29H50O4/c1-3-5-7-9-10-11-12-13-17-21-26(30)23-28(33-24-25-19-15-14-16-20-25)27(29(31)32)22-18-8-6-4-2/h14-16,19-20,26-28,30H,3-13,17-18,21-24H2,1-2H3,(H,31,32)/t26-,27+,28+/m1/s1. The van der Waals surface area contributed by atoms with Crippen LogP contribution in [0, 0.1) is 5.92 Å². The van der Waals surface area contributed by atoms with E-state index in [4.69, 9.17) is 4.74 Å². The number of rotatable bonds is 22. The van der Waals surface area contributed by atoms with Crippen molar-refractivity contribution in [1.29, 1.82) is 0 Å². The van der Waals surface area contributed by atoms with E-state index in [1.54, 1.807) is 0 Å². The summed E-state index contributed by atoms with van der Waals surface area (Å²) in [7, 11) is 0. The van der Waals surface area contributed by atoms with Crippen LogP contribution < -0.4 is 0 Å². The Morgan fingerprint density at radius 3 is 1.88 bits per heavy atom. The molecule has 33 heavy (non-hydrogen) atoms. The maximum atomic E-state index is 12.1. The van der Waals surface area contributed by atoms with Crippen LogP contribution in [0.2, 0.25) is 0 Å². The molecule has 0 saturated carbocycles. The molecule has 0 spiro atoms. The number of aliphatic carboxylic acids is 1. The molecule has 0 radical (unpaired) electrons. The van der Waals surface area contributed by atoms with Crippen molar-refractivity contribution in [2.75, 3.05) is 0 Å². The minimum Gasteiger partial charge on any atom is -0.481 e. The van der Waals surface area contributed by atoms with Gasteiger partial charge >= 0.3 is 5.97 Å². The summed E-state index contributed by atoms with van der Waals surface area (Å²) < 4.78 is 6.13. The van der Waals surface area contributed by atoms with Crippen LogP contribution in [0.3, 0.4) is 0 Å². The summed E-state index contributed by atoms with van der Waals surface area (Å²) in [6, 6.07) is 9.88. The van der Waals surface area contributed by atoms with Crippen LogP contribution in [0.5, 0.6) is 0 Å². The zero-order valence-electron chi connectivity index (χ0n) is 21.4. The van der Waals surface area contributed by atoms with Crippen molar-refractivity contribution in [3.63, 3.8) is 0 Å². The van der Waals surface area contributed by atoms with Crippen LogP contribution in [0.4, 0.5) is 0 Å². The molecule has 0 aliphatic rings. The molecule has 0 aromatic heterocycles. The van der Waals surface area contributed by atoms with E-state index in [1.807, 2.05) is 30.3 Å². The Morgan fingerprint density at radius 2 is 1.30 bits per heavy atom. The minimum atomic E-state index is -0.806. The molecule has 4 heteroatoms. The van der Waals surface area contributed by atoms with E-state index in [-0.39, 0.29) is 0 Å². The molecule has 0 heterocycles. The summed E-state index contributed by atoms with van der Waals surface area (Å²) in [6.07, 6.45) is 16.2. The first-order valence-corrected chi connectivity index (χ1v) is 13.6. The number of carboxylic acid groups (broad SMARTS) is 1. The highest BCUT2D eigenvalue weighted by atomic mass is 16.5. The number of hydrogen-bond donors (Lipinski definition) is 2. The van der Waals surface area contributed by atoms with Crippen LogP contribution in [-0.4, -0.2) is 28.4 Å². The van der Waals surface area contributed by atoms with Gasteiger partial charge in [-0.3, -0.25) is 4.79 Å². The van der Waals surface area contributed by atoms with Gasteiger partial charge in [0.1, 0.15) is 0 Å². The Kier molecular flexibility index (Phi) is 18.0. The topological polar surface area (TPSA) is 66.8 Å². The Balaban J connectivity index is 2.49. The van der Waals surface area contributed by atoms with Crippen LogP contribution in [-0.2, 0) is 16.1 Å². The lowest BCUT2D eigenvalue weighted by molar-refractivity contribution is -0.150. The summed E-state index contributed by atoms with van der Waals surface area (Å²) >= 11 is 0. The number of carboxylic acids is 1. The van der Waals surface area contributed by atoms with Gasteiger partial charge in [-0.05, 0) is 18.4 Å². The first kappa shape index (κ1) is 29.6. The summed E-state index contributed by atoms with van der Waals surface area (Å²) in [4.78, 5) is 12.1. The quantitative estimate of drug-likeness (QED) is 0.172. The molecule has 0 amide bonds. The van der Waals surface area contributed by atoms with E-state index in [0.29, 0.717) is 19.4 Å². The first-order chi connectivity index (χ1) is 16.1. The van der Waals surface area contributed by atoms with Gasteiger partial charge in [0, 0.05) is 6.42 Å². The van der Waals surface area contributed by atoms with Gasteiger partial charge in [0.2, 0.25) is 0 Å². The number of hydrogen-bond acceptors (Lipinski definition) is 3. The van der Waals surface area contributed by atoms with Gasteiger partial charge in [0.25, 0.3) is 0 Å². The number of carbonyl (C=O) groups is 1. The van der Waals surface area contributed by atoms with Crippen LogP contribution in [0.15, 0.2) is 30.3 Å². The van der Waals surface area contributed by atoms with E-state index in [2.05, 4.69) is 13.8 Å². The summed E-state index contributed by atoms with van der Waals surface area (Å²) in [5.74, 6) is -1.37. The minimum absolute atomic E-state index is 0.384. The van der Waals surface area contributed by atoms with Gasteiger partial charge in [-0.1, -0.05) is 128 Å². The zero-order chi connectivity index (χ0) is 24.2. The monoisotopic (exact) mass is 462 g/mol. The third-order valence-corrected chi connectivity index (χ3v) is 6.59. The number of unbranched alkanes of at least 4 members (excludes halogenated alkanes) is 11. The van der Waals surface area contributed by atoms with Crippen LogP contribution in [0.25, 0.3) is 0 Å². The largest absolute Gasteiger partial charge is 0.481 e. The third-order valence-electron chi connectivity index (χ3n) is 6.59. The second-order valence-electron chi connectivity index (χ2n) is 9.64. The fourth-order valence-electron chi connectivity index (χ4n) is 4.46.